The summed E-state index contributed by atoms with van der Waals surface area (Å²) in [6.07, 6.45) is 5.54. The van der Waals surface area contributed by atoms with Crippen LogP contribution in [0.5, 0.6) is 0 Å². The molecule has 2 aromatic rings. The zero-order valence-corrected chi connectivity index (χ0v) is 12.8. The maximum Gasteiger partial charge on any atom is 0.342 e. The predicted molar refractivity (Wildman–Crippen MR) is 84.5 cm³/mol. The van der Waals surface area contributed by atoms with E-state index >= 15 is 0 Å². The van der Waals surface area contributed by atoms with Crippen LogP contribution in [0, 0.1) is 11.7 Å². The van der Waals surface area contributed by atoms with E-state index < -0.39 is 0 Å². The summed E-state index contributed by atoms with van der Waals surface area (Å²) in [5.74, 6) is 0.272. The van der Waals surface area contributed by atoms with Crippen molar-refractivity contribution in [2.75, 3.05) is 19.6 Å². The van der Waals surface area contributed by atoms with E-state index in [-0.39, 0.29) is 17.9 Å². The molecule has 4 heterocycles. The number of hydrogen-bond acceptors (Lipinski definition) is 3. The van der Waals surface area contributed by atoms with Crippen LogP contribution in [0.25, 0.3) is 11.1 Å². The molecule has 23 heavy (non-hydrogen) atoms. The molecule has 1 aromatic carbocycles. The number of piperidine rings is 3. The molecule has 3 aliphatic heterocycles. The first-order valence-electron chi connectivity index (χ1n) is 8.03. The molecule has 3 saturated heterocycles. The predicted octanol–water partition coefficient (Wildman–Crippen LogP) is 2.34. The van der Waals surface area contributed by atoms with E-state index in [1.165, 1.54) is 16.8 Å². The minimum absolute atomic E-state index is 0.201. The van der Waals surface area contributed by atoms with Gasteiger partial charge in [-0.15, -0.1) is 0 Å². The number of amides is 1. The van der Waals surface area contributed by atoms with Gasteiger partial charge in [-0.25, -0.2) is 9.18 Å². The summed E-state index contributed by atoms with van der Waals surface area (Å²) in [6.45, 7) is 3.21. The molecule has 1 atom stereocenters. The molecule has 2 bridgehead atoms. The third kappa shape index (κ3) is 2.86. The highest BCUT2D eigenvalue weighted by Gasteiger charge is 2.35. The topological polar surface area (TPSA) is 50.2 Å². The summed E-state index contributed by atoms with van der Waals surface area (Å²) in [7, 11) is 0. The van der Waals surface area contributed by atoms with Gasteiger partial charge in [-0.1, -0.05) is 12.1 Å². The smallest absolute Gasteiger partial charge is 0.332 e. The van der Waals surface area contributed by atoms with E-state index in [4.69, 9.17) is 0 Å². The number of carbonyl (C=O) groups is 1. The Kier molecular flexibility index (Phi) is 3.61. The van der Waals surface area contributed by atoms with E-state index in [2.05, 4.69) is 15.3 Å². The Morgan fingerprint density at radius 2 is 2.09 bits per heavy atom. The number of carbonyl (C=O) groups excluding carboxylic acids is 1. The first-order chi connectivity index (χ1) is 11.2. The lowest BCUT2D eigenvalue weighted by Crippen LogP contribution is -2.57. The highest BCUT2D eigenvalue weighted by Crippen LogP contribution is 2.27. The van der Waals surface area contributed by atoms with Gasteiger partial charge in [-0.05, 0) is 49.5 Å². The first-order valence-corrected chi connectivity index (χ1v) is 8.03. The van der Waals surface area contributed by atoms with Crippen LogP contribution in [-0.4, -0.2) is 46.4 Å². The Morgan fingerprint density at radius 3 is 2.78 bits per heavy atom. The van der Waals surface area contributed by atoms with Crippen molar-refractivity contribution >= 4 is 6.03 Å². The number of fused-ring (bicyclic) bond motifs is 3. The standard InChI is InChI=1S/C17H19FN4O/c18-15-3-1-2-13(8-15)14-9-19-22(10-14)17(23)20-16-11-21-6-4-12(16)5-7-21/h1-3,8-10,12,16H,4-7,11H2,(H,20,23)/t16-/m0/s1. The van der Waals surface area contributed by atoms with Gasteiger partial charge in [0.05, 0.1) is 6.20 Å². The van der Waals surface area contributed by atoms with Gasteiger partial charge in [0.1, 0.15) is 5.82 Å². The average Bonchev–Trinajstić information content (AvgIpc) is 3.06. The van der Waals surface area contributed by atoms with Gasteiger partial charge in [0.2, 0.25) is 0 Å². The summed E-state index contributed by atoms with van der Waals surface area (Å²) in [5.41, 5.74) is 1.44. The Morgan fingerprint density at radius 1 is 1.26 bits per heavy atom. The van der Waals surface area contributed by atoms with Crippen molar-refractivity contribution in [1.29, 1.82) is 0 Å². The lowest BCUT2D eigenvalue weighted by molar-refractivity contribution is 0.0765. The van der Waals surface area contributed by atoms with Gasteiger partial charge in [0, 0.05) is 24.3 Å². The van der Waals surface area contributed by atoms with E-state index in [0.29, 0.717) is 11.5 Å². The van der Waals surface area contributed by atoms with Crippen molar-refractivity contribution < 1.29 is 9.18 Å². The van der Waals surface area contributed by atoms with Crippen LogP contribution in [-0.2, 0) is 0 Å². The molecule has 0 saturated carbocycles. The molecule has 6 heteroatoms. The van der Waals surface area contributed by atoms with Crippen LogP contribution in [0.1, 0.15) is 12.8 Å². The number of rotatable bonds is 2. The first kappa shape index (κ1) is 14.4. The van der Waals surface area contributed by atoms with Gasteiger partial charge in [0.15, 0.2) is 0 Å². The van der Waals surface area contributed by atoms with Crippen LogP contribution in [0.4, 0.5) is 9.18 Å². The molecular weight excluding hydrogens is 295 g/mol. The summed E-state index contributed by atoms with van der Waals surface area (Å²) in [6, 6.07) is 6.27. The van der Waals surface area contributed by atoms with Crippen molar-refractivity contribution in [3.63, 3.8) is 0 Å². The third-order valence-electron chi connectivity index (χ3n) is 4.91. The maximum absolute atomic E-state index is 13.3. The van der Waals surface area contributed by atoms with Crippen molar-refractivity contribution in [1.82, 2.24) is 20.0 Å². The van der Waals surface area contributed by atoms with Crippen LogP contribution in [0.15, 0.2) is 36.7 Å². The number of hydrogen-bond donors (Lipinski definition) is 1. The molecule has 1 aromatic heterocycles. The number of aromatic nitrogens is 2. The quantitative estimate of drug-likeness (QED) is 0.925. The van der Waals surface area contributed by atoms with Gasteiger partial charge in [-0.2, -0.15) is 9.78 Å². The van der Waals surface area contributed by atoms with Crippen LogP contribution in [0.2, 0.25) is 0 Å². The molecule has 3 aliphatic rings. The number of nitrogens with zero attached hydrogens (tertiary/aromatic N) is 3. The molecule has 0 unspecified atom stereocenters. The molecular formula is C17H19FN4O. The summed E-state index contributed by atoms with van der Waals surface area (Å²) >= 11 is 0. The fourth-order valence-electron chi connectivity index (χ4n) is 3.60. The van der Waals surface area contributed by atoms with Crippen LogP contribution in [0.3, 0.4) is 0 Å². The molecule has 3 fully saturated rings. The number of nitrogens with one attached hydrogen (secondary N) is 1. The van der Waals surface area contributed by atoms with Gasteiger partial charge in [0.25, 0.3) is 0 Å². The maximum atomic E-state index is 13.3. The second-order valence-electron chi connectivity index (χ2n) is 6.38. The zero-order valence-electron chi connectivity index (χ0n) is 12.8. The second-order valence-corrected chi connectivity index (χ2v) is 6.38. The molecule has 1 amide bonds. The molecule has 5 rings (SSSR count). The average molecular weight is 314 g/mol. The van der Waals surface area contributed by atoms with Crippen LogP contribution >= 0.6 is 0 Å². The highest BCUT2D eigenvalue weighted by molar-refractivity contribution is 5.77. The lowest BCUT2D eigenvalue weighted by atomic mass is 9.84. The van der Waals surface area contributed by atoms with E-state index in [1.807, 2.05) is 0 Å². The van der Waals surface area contributed by atoms with Crippen molar-refractivity contribution in [2.45, 2.75) is 18.9 Å². The normalized spacial score (nSPS) is 26.2. The summed E-state index contributed by atoms with van der Waals surface area (Å²) in [5, 5.41) is 7.21. The second kappa shape index (κ2) is 5.77. The molecule has 1 N–H and O–H groups in total. The summed E-state index contributed by atoms with van der Waals surface area (Å²) < 4.78 is 14.6. The van der Waals surface area contributed by atoms with Gasteiger partial charge < -0.3 is 10.2 Å². The Hall–Kier alpha value is -2.21. The van der Waals surface area contributed by atoms with Gasteiger partial charge >= 0.3 is 6.03 Å². The Labute approximate surface area is 134 Å². The largest absolute Gasteiger partial charge is 0.342 e. The SMILES string of the molecule is O=C(N[C@H]1CN2CCC1CC2)n1cc(-c2cccc(F)c2)cn1. The summed E-state index contributed by atoms with van der Waals surface area (Å²) in [4.78, 5) is 14.8. The Balaban J connectivity index is 1.47. The van der Waals surface area contributed by atoms with E-state index in [0.717, 1.165) is 38.0 Å². The van der Waals surface area contributed by atoms with Crippen molar-refractivity contribution in [3.8, 4) is 11.1 Å². The molecule has 0 aliphatic carbocycles. The molecule has 0 spiro atoms. The molecule has 120 valence electrons. The van der Waals surface area contributed by atoms with Gasteiger partial charge in [-0.3, -0.25) is 0 Å². The van der Waals surface area contributed by atoms with Crippen LogP contribution < -0.4 is 5.32 Å². The van der Waals surface area contributed by atoms with E-state index in [1.54, 1.807) is 24.5 Å². The molecule has 0 radical (unpaired) electrons. The number of halogens is 1. The fourth-order valence-corrected chi connectivity index (χ4v) is 3.60. The van der Waals surface area contributed by atoms with E-state index in [9.17, 15) is 9.18 Å². The van der Waals surface area contributed by atoms with Crippen molar-refractivity contribution in [3.05, 3.63) is 42.5 Å². The highest BCUT2D eigenvalue weighted by atomic mass is 19.1. The van der Waals surface area contributed by atoms with Crippen molar-refractivity contribution in [2.24, 2.45) is 5.92 Å². The molecule has 5 nitrogen and oxygen atoms in total. The number of benzene rings is 1. The Bertz CT molecular complexity index is 721. The fraction of sp³-hybridized carbons (Fsp3) is 0.412. The zero-order chi connectivity index (χ0) is 15.8. The monoisotopic (exact) mass is 314 g/mol. The minimum atomic E-state index is -0.299. The minimum Gasteiger partial charge on any atom is -0.332 e. The lowest BCUT2D eigenvalue weighted by Gasteiger charge is -2.44. The third-order valence-corrected chi connectivity index (χ3v) is 4.91.